The van der Waals surface area contributed by atoms with Gasteiger partial charge in [-0.15, -0.1) is 0 Å². The molecule has 3 nitrogen and oxygen atoms in total. The maximum absolute atomic E-state index is 13.0. The molecule has 1 fully saturated rings. The minimum absolute atomic E-state index is 0.172. The van der Waals surface area contributed by atoms with Gasteiger partial charge in [0.1, 0.15) is 0 Å². The molecular formula is C10H15F2N3. The van der Waals surface area contributed by atoms with Crippen molar-refractivity contribution in [2.24, 2.45) is 12.8 Å². The number of nitrogens with zero attached hydrogens (tertiary/aromatic N) is 2. The van der Waals surface area contributed by atoms with E-state index in [0.29, 0.717) is 0 Å². The van der Waals surface area contributed by atoms with Crippen LogP contribution in [0.5, 0.6) is 0 Å². The van der Waals surface area contributed by atoms with Crippen molar-refractivity contribution in [3.05, 3.63) is 17.5 Å². The van der Waals surface area contributed by atoms with Crippen LogP contribution < -0.4 is 5.73 Å². The highest BCUT2D eigenvalue weighted by Gasteiger charge is 2.58. The van der Waals surface area contributed by atoms with Crippen molar-refractivity contribution in [2.75, 3.05) is 6.54 Å². The molecular weight excluding hydrogens is 200 g/mol. The van der Waals surface area contributed by atoms with Gasteiger partial charge in [0.15, 0.2) is 0 Å². The Labute approximate surface area is 87.3 Å². The smallest absolute Gasteiger partial charge is 0.250 e. The van der Waals surface area contributed by atoms with Crippen LogP contribution in [-0.4, -0.2) is 22.2 Å². The number of halogens is 2. The van der Waals surface area contributed by atoms with Crippen molar-refractivity contribution < 1.29 is 8.78 Å². The molecule has 5 heteroatoms. The largest absolute Gasteiger partial charge is 0.330 e. The average Bonchev–Trinajstić information content (AvgIpc) is 2.40. The second kappa shape index (κ2) is 3.01. The zero-order valence-electron chi connectivity index (χ0n) is 8.93. The van der Waals surface area contributed by atoms with Gasteiger partial charge in [-0.1, -0.05) is 0 Å². The molecule has 1 aliphatic rings. The highest BCUT2D eigenvalue weighted by Crippen LogP contribution is 2.52. The molecule has 0 amide bonds. The second-order valence-corrected chi connectivity index (χ2v) is 4.53. The van der Waals surface area contributed by atoms with E-state index < -0.39 is 11.3 Å². The molecule has 0 bridgehead atoms. The molecule has 1 saturated carbocycles. The van der Waals surface area contributed by atoms with Gasteiger partial charge in [-0.3, -0.25) is 4.68 Å². The Kier molecular flexibility index (Phi) is 2.12. The lowest BCUT2D eigenvalue weighted by Crippen LogP contribution is -2.54. The van der Waals surface area contributed by atoms with Crippen LogP contribution in [0.15, 0.2) is 6.20 Å². The third-order valence-corrected chi connectivity index (χ3v) is 3.10. The zero-order chi connectivity index (χ0) is 11.3. The highest BCUT2D eigenvalue weighted by atomic mass is 19.3. The Hall–Kier alpha value is -0.970. The quantitative estimate of drug-likeness (QED) is 0.809. The zero-order valence-corrected chi connectivity index (χ0v) is 8.93. The average molecular weight is 215 g/mol. The van der Waals surface area contributed by atoms with E-state index in [9.17, 15) is 8.78 Å². The number of alkyl halides is 2. The van der Waals surface area contributed by atoms with Gasteiger partial charge in [-0.05, 0) is 12.5 Å². The highest BCUT2D eigenvalue weighted by molar-refractivity contribution is 5.30. The Bertz CT molecular complexity index is 376. The first kappa shape index (κ1) is 10.5. The van der Waals surface area contributed by atoms with E-state index in [2.05, 4.69) is 5.10 Å². The molecule has 0 spiro atoms. The van der Waals surface area contributed by atoms with Crippen LogP contribution in [0.3, 0.4) is 0 Å². The summed E-state index contributed by atoms with van der Waals surface area (Å²) >= 11 is 0. The molecule has 15 heavy (non-hydrogen) atoms. The number of hydrogen-bond acceptors (Lipinski definition) is 2. The molecule has 2 rings (SSSR count). The Balaban J connectivity index is 2.33. The summed E-state index contributed by atoms with van der Waals surface area (Å²) in [6.07, 6.45) is 1.49. The van der Waals surface area contributed by atoms with Crippen molar-refractivity contribution in [2.45, 2.75) is 31.1 Å². The van der Waals surface area contributed by atoms with Gasteiger partial charge in [0, 0.05) is 38.0 Å². The van der Waals surface area contributed by atoms with E-state index in [-0.39, 0.29) is 19.4 Å². The molecule has 1 aliphatic carbocycles. The van der Waals surface area contributed by atoms with Gasteiger partial charge in [0.05, 0.1) is 5.69 Å². The van der Waals surface area contributed by atoms with Crippen LogP contribution in [0, 0.1) is 6.92 Å². The van der Waals surface area contributed by atoms with E-state index in [1.165, 1.54) is 0 Å². The first-order valence-corrected chi connectivity index (χ1v) is 4.97. The van der Waals surface area contributed by atoms with E-state index in [1.807, 2.05) is 13.1 Å². The first-order chi connectivity index (χ1) is 6.88. The summed E-state index contributed by atoms with van der Waals surface area (Å²) in [6, 6.07) is 0. The fourth-order valence-electron chi connectivity index (χ4n) is 2.48. The summed E-state index contributed by atoms with van der Waals surface area (Å²) in [5, 5.41) is 4.24. The normalized spacial score (nSPS) is 22.5. The SMILES string of the molecule is Cc1cn(C)nc1C1(CN)CC(F)(F)C1. The predicted octanol–water partition coefficient (Wildman–Crippen LogP) is 1.35. The van der Waals surface area contributed by atoms with Crippen molar-refractivity contribution in [3.8, 4) is 0 Å². The van der Waals surface area contributed by atoms with Crippen LogP contribution in [0.4, 0.5) is 8.78 Å². The van der Waals surface area contributed by atoms with Crippen LogP contribution in [0.2, 0.25) is 0 Å². The molecule has 0 aromatic carbocycles. The molecule has 0 radical (unpaired) electrons. The molecule has 0 aliphatic heterocycles. The standard InChI is InChI=1S/C10H15F2N3/c1-7-3-15(2)14-8(7)9(6-13)4-10(11,12)5-9/h3H,4-6,13H2,1-2H3. The first-order valence-electron chi connectivity index (χ1n) is 4.97. The fraction of sp³-hybridized carbons (Fsp3) is 0.700. The summed E-state index contributed by atoms with van der Waals surface area (Å²) in [6.45, 7) is 2.12. The van der Waals surface area contributed by atoms with Gasteiger partial charge in [0.25, 0.3) is 0 Å². The minimum Gasteiger partial charge on any atom is -0.330 e. The van der Waals surface area contributed by atoms with Crippen LogP contribution in [0.25, 0.3) is 0 Å². The monoisotopic (exact) mass is 215 g/mol. The Morgan fingerprint density at radius 1 is 1.53 bits per heavy atom. The number of aryl methyl sites for hydroxylation is 2. The second-order valence-electron chi connectivity index (χ2n) is 4.53. The van der Waals surface area contributed by atoms with Gasteiger partial charge < -0.3 is 5.73 Å². The molecule has 1 aromatic rings. The summed E-state index contributed by atoms with van der Waals surface area (Å²) < 4.78 is 27.6. The summed E-state index contributed by atoms with van der Waals surface area (Å²) in [5.74, 6) is -2.57. The summed E-state index contributed by atoms with van der Waals surface area (Å²) in [4.78, 5) is 0. The Morgan fingerprint density at radius 2 is 2.13 bits per heavy atom. The number of hydrogen-bond donors (Lipinski definition) is 1. The molecule has 2 N–H and O–H groups in total. The van der Waals surface area contributed by atoms with Gasteiger partial charge in [-0.25, -0.2) is 8.78 Å². The lowest BCUT2D eigenvalue weighted by atomic mass is 9.63. The predicted molar refractivity (Wildman–Crippen MR) is 52.9 cm³/mol. The Morgan fingerprint density at radius 3 is 2.47 bits per heavy atom. The van der Waals surface area contributed by atoms with Gasteiger partial charge >= 0.3 is 0 Å². The van der Waals surface area contributed by atoms with E-state index in [4.69, 9.17) is 5.73 Å². The minimum atomic E-state index is -2.57. The van der Waals surface area contributed by atoms with E-state index >= 15 is 0 Å². The summed E-state index contributed by atoms with van der Waals surface area (Å²) in [7, 11) is 1.79. The van der Waals surface area contributed by atoms with Crippen LogP contribution >= 0.6 is 0 Å². The topological polar surface area (TPSA) is 43.8 Å². The van der Waals surface area contributed by atoms with Crippen molar-refractivity contribution in [3.63, 3.8) is 0 Å². The van der Waals surface area contributed by atoms with Crippen LogP contribution in [-0.2, 0) is 12.5 Å². The van der Waals surface area contributed by atoms with Crippen molar-refractivity contribution in [1.82, 2.24) is 9.78 Å². The molecule has 1 heterocycles. The third-order valence-electron chi connectivity index (χ3n) is 3.10. The van der Waals surface area contributed by atoms with Crippen molar-refractivity contribution in [1.29, 1.82) is 0 Å². The molecule has 0 saturated heterocycles. The number of rotatable bonds is 2. The summed E-state index contributed by atoms with van der Waals surface area (Å²) in [5.41, 5.74) is 6.69. The van der Waals surface area contributed by atoms with Crippen LogP contribution in [0.1, 0.15) is 24.1 Å². The van der Waals surface area contributed by atoms with Gasteiger partial charge in [0.2, 0.25) is 5.92 Å². The molecule has 1 aromatic heterocycles. The molecule has 0 unspecified atom stereocenters. The fourth-order valence-corrected chi connectivity index (χ4v) is 2.48. The maximum Gasteiger partial charge on any atom is 0.250 e. The van der Waals surface area contributed by atoms with E-state index in [0.717, 1.165) is 11.3 Å². The maximum atomic E-state index is 13.0. The van der Waals surface area contributed by atoms with Crippen molar-refractivity contribution >= 4 is 0 Å². The number of aromatic nitrogens is 2. The number of nitrogens with two attached hydrogens (primary N) is 1. The molecule has 84 valence electrons. The van der Waals surface area contributed by atoms with E-state index in [1.54, 1.807) is 11.7 Å². The third kappa shape index (κ3) is 1.55. The van der Waals surface area contributed by atoms with Gasteiger partial charge in [-0.2, -0.15) is 5.10 Å². The molecule has 0 atom stereocenters. The lowest BCUT2D eigenvalue weighted by Gasteiger charge is -2.46. The lowest BCUT2D eigenvalue weighted by molar-refractivity contribution is -0.125.